The van der Waals surface area contributed by atoms with Crippen LogP contribution in [-0.2, 0) is 15.7 Å². The minimum atomic E-state index is -0.342. The van der Waals surface area contributed by atoms with Crippen LogP contribution in [0.4, 0.5) is 0 Å². The summed E-state index contributed by atoms with van der Waals surface area (Å²) < 4.78 is 12.7. The van der Waals surface area contributed by atoms with Crippen LogP contribution < -0.4 is 5.46 Å². The van der Waals surface area contributed by atoms with Gasteiger partial charge in [0.05, 0.1) is 16.9 Å². The van der Waals surface area contributed by atoms with E-state index in [1.165, 1.54) is 27.8 Å². The number of benzene rings is 2. The highest BCUT2D eigenvalue weighted by molar-refractivity contribution is 6.63. The largest absolute Gasteiger partial charge is 0.495 e. The van der Waals surface area contributed by atoms with Crippen LogP contribution in [0.1, 0.15) is 38.8 Å². The summed E-state index contributed by atoms with van der Waals surface area (Å²) in [6.07, 6.45) is 2.73. The molecule has 1 saturated heterocycles. The summed E-state index contributed by atoms with van der Waals surface area (Å²) in [5.74, 6) is 0. The minimum Gasteiger partial charge on any atom is -0.399 e. The van der Waals surface area contributed by atoms with E-state index in [-0.39, 0.29) is 18.3 Å². The fourth-order valence-corrected chi connectivity index (χ4v) is 4.21. The van der Waals surface area contributed by atoms with Crippen LogP contribution >= 0.6 is 0 Å². The molecule has 28 heavy (non-hydrogen) atoms. The Morgan fingerprint density at radius 3 is 2.07 bits per heavy atom. The highest BCUT2D eigenvalue weighted by Crippen LogP contribution is 2.42. The van der Waals surface area contributed by atoms with Crippen LogP contribution in [0.5, 0.6) is 0 Å². The van der Waals surface area contributed by atoms with Gasteiger partial charge >= 0.3 is 7.12 Å². The first-order valence-corrected chi connectivity index (χ1v) is 9.88. The number of hydrogen-bond donors (Lipinski definition) is 0. The summed E-state index contributed by atoms with van der Waals surface area (Å²) in [4.78, 5) is 4.58. The summed E-state index contributed by atoms with van der Waals surface area (Å²) in [5.41, 5.74) is 7.88. The number of nitrogens with zero attached hydrogens (tertiary/aromatic N) is 1. The zero-order chi connectivity index (χ0) is 19.5. The van der Waals surface area contributed by atoms with E-state index in [0.29, 0.717) is 0 Å². The molecular weight excluding hydrogens is 345 g/mol. The van der Waals surface area contributed by atoms with Crippen molar-refractivity contribution in [2.45, 2.75) is 45.3 Å². The van der Waals surface area contributed by atoms with Crippen molar-refractivity contribution in [3.8, 4) is 22.4 Å². The third-order valence-electron chi connectivity index (χ3n) is 6.48. The lowest BCUT2D eigenvalue weighted by atomic mass is 9.74. The average molecular weight is 369 g/mol. The lowest BCUT2D eigenvalue weighted by molar-refractivity contribution is 0.00578. The SMILES string of the molecule is CC1(C)OB(c2cccc3c2Cc2c(-c4ccccn4)cccc2-3)OC1(C)C. The van der Waals surface area contributed by atoms with Gasteiger partial charge in [-0.3, -0.25) is 4.98 Å². The summed E-state index contributed by atoms with van der Waals surface area (Å²) >= 11 is 0. The molecule has 0 unspecified atom stereocenters. The van der Waals surface area contributed by atoms with Crippen molar-refractivity contribution < 1.29 is 9.31 Å². The van der Waals surface area contributed by atoms with Gasteiger partial charge in [0.15, 0.2) is 0 Å². The molecule has 2 aliphatic rings. The van der Waals surface area contributed by atoms with E-state index in [9.17, 15) is 0 Å². The van der Waals surface area contributed by atoms with Gasteiger partial charge in [-0.2, -0.15) is 0 Å². The quantitative estimate of drug-likeness (QED) is 0.483. The standard InChI is InChI=1S/C24H24BNO2/c1-23(2)24(3,4)28-25(27-23)21-12-8-10-17-16-9-7-11-18(19(16)15-20(17)21)22-13-5-6-14-26-22/h5-14H,15H2,1-4H3. The van der Waals surface area contributed by atoms with Crippen LogP contribution in [0.15, 0.2) is 60.8 Å². The lowest BCUT2D eigenvalue weighted by Crippen LogP contribution is -2.41. The first-order valence-electron chi connectivity index (χ1n) is 9.88. The Balaban J connectivity index is 1.60. The molecule has 1 aliphatic carbocycles. The number of pyridine rings is 1. The van der Waals surface area contributed by atoms with E-state index in [1.807, 2.05) is 18.3 Å². The summed E-state index contributed by atoms with van der Waals surface area (Å²) in [5, 5.41) is 0. The molecule has 0 radical (unpaired) electrons. The van der Waals surface area contributed by atoms with Crippen molar-refractivity contribution in [1.82, 2.24) is 4.98 Å². The van der Waals surface area contributed by atoms with E-state index >= 15 is 0 Å². The molecule has 0 atom stereocenters. The Morgan fingerprint density at radius 2 is 1.39 bits per heavy atom. The minimum absolute atomic E-state index is 0.340. The van der Waals surface area contributed by atoms with E-state index in [4.69, 9.17) is 9.31 Å². The van der Waals surface area contributed by atoms with Gasteiger partial charge in [-0.1, -0.05) is 42.5 Å². The third kappa shape index (κ3) is 2.55. The smallest absolute Gasteiger partial charge is 0.399 e. The van der Waals surface area contributed by atoms with Crippen molar-refractivity contribution in [3.63, 3.8) is 0 Å². The van der Waals surface area contributed by atoms with Gasteiger partial charge < -0.3 is 9.31 Å². The van der Waals surface area contributed by atoms with E-state index < -0.39 is 0 Å². The van der Waals surface area contributed by atoms with Crippen molar-refractivity contribution >= 4 is 12.6 Å². The van der Waals surface area contributed by atoms with E-state index in [0.717, 1.165) is 17.6 Å². The Morgan fingerprint density at radius 1 is 0.750 bits per heavy atom. The summed E-state index contributed by atoms with van der Waals surface area (Å²) in [7, 11) is -0.340. The van der Waals surface area contributed by atoms with Crippen LogP contribution in [0.3, 0.4) is 0 Å². The van der Waals surface area contributed by atoms with Gasteiger partial charge in [0.2, 0.25) is 0 Å². The second-order valence-corrected chi connectivity index (χ2v) is 8.69. The van der Waals surface area contributed by atoms with Crippen LogP contribution in [-0.4, -0.2) is 23.3 Å². The molecule has 4 heteroatoms. The van der Waals surface area contributed by atoms with Crippen molar-refractivity contribution in [1.29, 1.82) is 0 Å². The summed E-state index contributed by atoms with van der Waals surface area (Å²) in [6, 6.07) is 19.0. The number of rotatable bonds is 2. The van der Waals surface area contributed by atoms with Gasteiger partial charge in [-0.25, -0.2) is 0 Å². The Bertz CT molecular complexity index is 1040. The molecule has 3 nitrogen and oxygen atoms in total. The first-order chi connectivity index (χ1) is 13.4. The molecule has 0 saturated carbocycles. The van der Waals surface area contributed by atoms with Crippen LogP contribution in [0.2, 0.25) is 0 Å². The Labute approximate surface area is 166 Å². The molecule has 5 rings (SSSR count). The molecule has 2 heterocycles. The summed E-state index contributed by atoms with van der Waals surface area (Å²) in [6.45, 7) is 8.41. The molecule has 3 aromatic rings. The van der Waals surface area contributed by atoms with Crippen molar-refractivity contribution in [2.24, 2.45) is 0 Å². The zero-order valence-corrected chi connectivity index (χ0v) is 16.8. The first kappa shape index (κ1) is 17.7. The molecular formula is C24H24BNO2. The molecule has 0 bridgehead atoms. The lowest BCUT2D eigenvalue weighted by Gasteiger charge is -2.32. The van der Waals surface area contributed by atoms with Crippen LogP contribution in [0, 0.1) is 0 Å². The predicted molar refractivity (Wildman–Crippen MR) is 114 cm³/mol. The molecule has 0 N–H and O–H groups in total. The number of hydrogen-bond acceptors (Lipinski definition) is 3. The Hall–Kier alpha value is -2.43. The number of fused-ring (bicyclic) bond motifs is 3. The topological polar surface area (TPSA) is 31.4 Å². The Kier molecular flexibility index (Phi) is 3.81. The van der Waals surface area contributed by atoms with Gasteiger partial charge in [0, 0.05) is 11.8 Å². The highest BCUT2D eigenvalue weighted by atomic mass is 16.7. The molecule has 1 fully saturated rings. The molecule has 140 valence electrons. The average Bonchev–Trinajstić information content (AvgIpc) is 3.16. The molecule has 0 amide bonds. The second kappa shape index (κ2) is 6.03. The van der Waals surface area contributed by atoms with Gasteiger partial charge in [-0.05, 0) is 74.0 Å². The fraction of sp³-hybridized carbons (Fsp3) is 0.292. The third-order valence-corrected chi connectivity index (χ3v) is 6.48. The number of aromatic nitrogens is 1. The van der Waals surface area contributed by atoms with Gasteiger partial charge in [0.1, 0.15) is 0 Å². The van der Waals surface area contributed by atoms with E-state index in [2.05, 4.69) is 75.1 Å². The molecule has 1 aliphatic heterocycles. The van der Waals surface area contributed by atoms with E-state index in [1.54, 1.807) is 0 Å². The molecule has 1 aromatic heterocycles. The normalized spacial score (nSPS) is 18.8. The monoisotopic (exact) mass is 369 g/mol. The second-order valence-electron chi connectivity index (χ2n) is 8.69. The fourth-order valence-electron chi connectivity index (χ4n) is 4.21. The molecule has 0 spiro atoms. The maximum Gasteiger partial charge on any atom is 0.495 e. The highest BCUT2D eigenvalue weighted by Gasteiger charge is 2.52. The van der Waals surface area contributed by atoms with Crippen molar-refractivity contribution in [2.75, 3.05) is 0 Å². The molecule has 2 aromatic carbocycles. The van der Waals surface area contributed by atoms with Gasteiger partial charge in [-0.15, -0.1) is 0 Å². The van der Waals surface area contributed by atoms with Crippen LogP contribution in [0.25, 0.3) is 22.4 Å². The zero-order valence-electron chi connectivity index (χ0n) is 16.8. The maximum absolute atomic E-state index is 6.35. The maximum atomic E-state index is 6.35. The van der Waals surface area contributed by atoms with Gasteiger partial charge in [0.25, 0.3) is 0 Å². The predicted octanol–water partition coefficient (Wildman–Crippen LogP) is 4.62. The van der Waals surface area contributed by atoms with Crippen molar-refractivity contribution in [3.05, 3.63) is 71.9 Å².